The summed E-state index contributed by atoms with van der Waals surface area (Å²) in [7, 11) is 0. The molecular weight excluding hydrogens is 210 g/mol. The molecule has 2 rings (SSSR count). The van der Waals surface area contributed by atoms with Crippen LogP contribution in [0, 0.1) is 6.92 Å². The fourth-order valence-corrected chi connectivity index (χ4v) is 2.46. The van der Waals surface area contributed by atoms with Gasteiger partial charge in [-0.25, -0.2) is 0 Å². The highest BCUT2D eigenvalue weighted by Gasteiger charge is 2.13. The van der Waals surface area contributed by atoms with E-state index in [2.05, 4.69) is 23.0 Å². The highest BCUT2D eigenvalue weighted by atomic mass is 32.1. The second-order valence-electron chi connectivity index (χ2n) is 3.81. The first-order chi connectivity index (χ1) is 7.36. The number of nitrogens with one attached hydrogen (secondary N) is 1. The predicted molar refractivity (Wildman–Crippen MR) is 61.1 cm³/mol. The second kappa shape index (κ2) is 5.61. The second-order valence-corrected chi connectivity index (χ2v) is 4.56. The first-order valence-electron chi connectivity index (χ1n) is 5.28. The van der Waals surface area contributed by atoms with Crippen molar-refractivity contribution >= 4 is 11.3 Å². The maximum atomic E-state index is 5.45. The average Bonchev–Trinajstić information content (AvgIpc) is 2.66. The van der Waals surface area contributed by atoms with Gasteiger partial charge in [-0.1, -0.05) is 0 Å². The van der Waals surface area contributed by atoms with Gasteiger partial charge in [0.1, 0.15) is 6.79 Å². The van der Waals surface area contributed by atoms with Crippen LogP contribution >= 0.6 is 11.3 Å². The standard InChI is InChI=1S/C11H17NO2S/c1-9-6-15-7-10(9)4-12-5-11-2-3-13-8-14-11/h6-7,11-12H,2-5,8H2,1H3. The quantitative estimate of drug-likeness (QED) is 0.852. The van der Waals surface area contributed by atoms with Crippen LogP contribution in [-0.4, -0.2) is 26.0 Å². The highest BCUT2D eigenvalue weighted by molar-refractivity contribution is 7.08. The molecule has 0 spiro atoms. The van der Waals surface area contributed by atoms with Crippen LogP contribution in [0.5, 0.6) is 0 Å². The molecule has 0 amide bonds. The molecular formula is C11H17NO2S. The number of thiophene rings is 1. The number of rotatable bonds is 4. The minimum atomic E-state index is 0.317. The third-order valence-corrected chi connectivity index (χ3v) is 3.53. The lowest BCUT2D eigenvalue weighted by atomic mass is 10.2. The van der Waals surface area contributed by atoms with Crippen molar-refractivity contribution in [1.29, 1.82) is 0 Å². The Morgan fingerprint density at radius 1 is 1.53 bits per heavy atom. The van der Waals surface area contributed by atoms with Gasteiger partial charge in [-0.2, -0.15) is 11.3 Å². The van der Waals surface area contributed by atoms with E-state index < -0.39 is 0 Å². The largest absolute Gasteiger partial charge is 0.355 e. The molecule has 1 N–H and O–H groups in total. The normalized spacial score (nSPS) is 21.8. The molecule has 1 saturated heterocycles. The summed E-state index contributed by atoms with van der Waals surface area (Å²) in [5.74, 6) is 0. The molecule has 1 unspecified atom stereocenters. The third kappa shape index (κ3) is 3.28. The lowest BCUT2D eigenvalue weighted by Gasteiger charge is -2.22. The Morgan fingerprint density at radius 3 is 3.13 bits per heavy atom. The molecule has 0 aromatic carbocycles. The zero-order chi connectivity index (χ0) is 10.5. The van der Waals surface area contributed by atoms with Crippen LogP contribution in [0.3, 0.4) is 0 Å². The summed E-state index contributed by atoms with van der Waals surface area (Å²) < 4.78 is 10.6. The fraction of sp³-hybridized carbons (Fsp3) is 0.636. The van der Waals surface area contributed by atoms with Crippen molar-refractivity contribution in [1.82, 2.24) is 5.32 Å². The molecule has 84 valence electrons. The lowest BCUT2D eigenvalue weighted by Crippen LogP contribution is -2.33. The molecule has 0 saturated carbocycles. The number of hydrogen-bond acceptors (Lipinski definition) is 4. The Hall–Kier alpha value is -0.420. The van der Waals surface area contributed by atoms with Gasteiger partial charge in [-0.15, -0.1) is 0 Å². The van der Waals surface area contributed by atoms with Crippen molar-refractivity contribution in [2.45, 2.75) is 26.0 Å². The van der Waals surface area contributed by atoms with Gasteiger partial charge >= 0.3 is 0 Å². The molecule has 1 fully saturated rings. The fourth-order valence-electron chi connectivity index (χ4n) is 1.60. The van der Waals surface area contributed by atoms with E-state index in [4.69, 9.17) is 9.47 Å². The SMILES string of the molecule is Cc1cscc1CNCC1CCOCO1. The smallest absolute Gasteiger partial charge is 0.147 e. The van der Waals surface area contributed by atoms with Gasteiger partial charge in [0, 0.05) is 13.1 Å². The molecule has 0 aliphatic carbocycles. The Morgan fingerprint density at radius 2 is 2.47 bits per heavy atom. The van der Waals surface area contributed by atoms with Crippen LogP contribution < -0.4 is 5.32 Å². The van der Waals surface area contributed by atoms with Crippen molar-refractivity contribution in [2.24, 2.45) is 0 Å². The van der Waals surface area contributed by atoms with Crippen molar-refractivity contribution in [2.75, 3.05) is 19.9 Å². The molecule has 1 atom stereocenters. The van der Waals surface area contributed by atoms with Crippen molar-refractivity contribution in [3.05, 3.63) is 21.9 Å². The summed E-state index contributed by atoms with van der Waals surface area (Å²) in [6, 6.07) is 0. The topological polar surface area (TPSA) is 30.5 Å². The maximum absolute atomic E-state index is 5.45. The van der Waals surface area contributed by atoms with E-state index in [1.165, 1.54) is 11.1 Å². The van der Waals surface area contributed by atoms with E-state index in [0.717, 1.165) is 26.1 Å². The first-order valence-corrected chi connectivity index (χ1v) is 6.22. The van der Waals surface area contributed by atoms with Gasteiger partial charge in [0.15, 0.2) is 0 Å². The Labute approximate surface area is 94.4 Å². The molecule has 0 bridgehead atoms. The van der Waals surface area contributed by atoms with Gasteiger partial charge in [-0.05, 0) is 35.2 Å². The molecule has 0 radical (unpaired) electrons. The Bertz CT molecular complexity index is 295. The summed E-state index contributed by atoms with van der Waals surface area (Å²) in [5.41, 5.74) is 2.77. The number of hydrogen-bond donors (Lipinski definition) is 1. The van der Waals surface area contributed by atoms with Gasteiger partial charge in [0.2, 0.25) is 0 Å². The van der Waals surface area contributed by atoms with E-state index in [9.17, 15) is 0 Å². The maximum Gasteiger partial charge on any atom is 0.147 e. The molecule has 3 nitrogen and oxygen atoms in total. The van der Waals surface area contributed by atoms with Crippen LogP contribution in [0.4, 0.5) is 0 Å². The van der Waals surface area contributed by atoms with Gasteiger partial charge in [0.05, 0.1) is 12.7 Å². The predicted octanol–water partition coefficient (Wildman–Crippen LogP) is 1.91. The summed E-state index contributed by atoms with van der Waals surface area (Å²) in [4.78, 5) is 0. The molecule has 4 heteroatoms. The molecule has 1 aliphatic heterocycles. The van der Waals surface area contributed by atoms with Crippen LogP contribution in [0.2, 0.25) is 0 Å². The van der Waals surface area contributed by atoms with Crippen LogP contribution in [0.1, 0.15) is 17.5 Å². The van der Waals surface area contributed by atoms with Crippen molar-refractivity contribution < 1.29 is 9.47 Å². The number of ether oxygens (including phenoxy) is 2. The molecule has 15 heavy (non-hydrogen) atoms. The zero-order valence-electron chi connectivity index (χ0n) is 8.99. The average molecular weight is 227 g/mol. The summed E-state index contributed by atoms with van der Waals surface area (Å²) >= 11 is 1.76. The minimum absolute atomic E-state index is 0.317. The monoisotopic (exact) mass is 227 g/mol. The third-order valence-electron chi connectivity index (χ3n) is 2.62. The first kappa shape index (κ1) is 11.1. The minimum Gasteiger partial charge on any atom is -0.355 e. The Kier molecular flexibility index (Phi) is 4.14. The molecule has 1 aromatic rings. The van der Waals surface area contributed by atoms with Crippen LogP contribution in [-0.2, 0) is 16.0 Å². The van der Waals surface area contributed by atoms with Crippen molar-refractivity contribution in [3.63, 3.8) is 0 Å². The zero-order valence-corrected chi connectivity index (χ0v) is 9.81. The van der Waals surface area contributed by atoms with Crippen LogP contribution in [0.15, 0.2) is 10.8 Å². The summed E-state index contributed by atoms with van der Waals surface area (Å²) in [6.45, 7) is 5.28. The molecule has 2 heterocycles. The number of aryl methyl sites for hydroxylation is 1. The lowest BCUT2D eigenvalue weighted by molar-refractivity contribution is -0.137. The summed E-state index contributed by atoms with van der Waals surface area (Å²) in [6.07, 6.45) is 1.31. The van der Waals surface area contributed by atoms with E-state index in [1.807, 2.05) is 0 Å². The van der Waals surface area contributed by atoms with E-state index >= 15 is 0 Å². The molecule has 1 aromatic heterocycles. The van der Waals surface area contributed by atoms with E-state index in [-0.39, 0.29) is 0 Å². The van der Waals surface area contributed by atoms with E-state index in [1.54, 1.807) is 11.3 Å². The summed E-state index contributed by atoms with van der Waals surface area (Å²) in [5, 5.41) is 7.81. The molecule has 1 aliphatic rings. The van der Waals surface area contributed by atoms with E-state index in [0.29, 0.717) is 12.9 Å². The highest BCUT2D eigenvalue weighted by Crippen LogP contribution is 2.13. The van der Waals surface area contributed by atoms with Gasteiger partial charge < -0.3 is 14.8 Å². The Balaban J connectivity index is 1.68. The van der Waals surface area contributed by atoms with Crippen molar-refractivity contribution in [3.8, 4) is 0 Å². The van der Waals surface area contributed by atoms with Gasteiger partial charge in [0.25, 0.3) is 0 Å². The van der Waals surface area contributed by atoms with Crippen LogP contribution in [0.25, 0.3) is 0 Å². The van der Waals surface area contributed by atoms with Gasteiger partial charge in [-0.3, -0.25) is 0 Å².